The van der Waals surface area contributed by atoms with Crippen molar-refractivity contribution in [1.82, 2.24) is 9.97 Å². The van der Waals surface area contributed by atoms with Gasteiger partial charge in [0, 0.05) is 18.0 Å². The lowest BCUT2D eigenvalue weighted by molar-refractivity contribution is 0.449. The highest BCUT2D eigenvalue weighted by Gasteiger charge is 2.26. The number of aromatic nitrogens is 2. The Balaban J connectivity index is 1.92. The van der Waals surface area contributed by atoms with Crippen LogP contribution in [0.1, 0.15) is 38.3 Å². The maximum atomic E-state index is 13.8. The number of nitrogens with one attached hydrogen (secondary N) is 2. The van der Waals surface area contributed by atoms with Crippen LogP contribution in [0.25, 0.3) is 0 Å². The molecule has 0 radical (unpaired) electrons. The average molecular weight is 322 g/mol. The zero-order chi connectivity index (χ0) is 16.6. The van der Waals surface area contributed by atoms with Crippen molar-refractivity contribution in [2.24, 2.45) is 0 Å². The van der Waals surface area contributed by atoms with E-state index in [1.54, 1.807) is 6.07 Å². The van der Waals surface area contributed by atoms with E-state index in [1.807, 2.05) is 13.8 Å². The molecular formula is C16H17F3N4. The SMILES string of the molecule is CC(C)Nc1nc(Nc2ccc(F)c(F)c2F)cc(C2CC2)n1. The van der Waals surface area contributed by atoms with E-state index in [4.69, 9.17) is 0 Å². The molecule has 0 unspecified atom stereocenters. The number of anilines is 3. The summed E-state index contributed by atoms with van der Waals surface area (Å²) in [6.07, 6.45) is 2.11. The van der Waals surface area contributed by atoms with Gasteiger partial charge >= 0.3 is 0 Å². The lowest BCUT2D eigenvalue weighted by Gasteiger charge is -2.13. The van der Waals surface area contributed by atoms with E-state index < -0.39 is 17.5 Å². The Morgan fingerprint density at radius 3 is 2.48 bits per heavy atom. The van der Waals surface area contributed by atoms with Crippen LogP contribution in [-0.2, 0) is 0 Å². The van der Waals surface area contributed by atoms with Crippen LogP contribution in [0.3, 0.4) is 0 Å². The monoisotopic (exact) mass is 322 g/mol. The molecule has 0 bridgehead atoms. The van der Waals surface area contributed by atoms with Crippen LogP contribution in [0.2, 0.25) is 0 Å². The van der Waals surface area contributed by atoms with Crippen molar-refractivity contribution >= 4 is 17.5 Å². The van der Waals surface area contributed by atoms with Gasteiger partial charge in [-0.05, 0) is 38.8 Å². The molecule has 23 heavy (non-hydrogen) atoms. The molecule has 2 N–H and O–H groups in total. The van der Waals surface area contributed by atoms with Gasteiger partial charge in [-0.15, -0.1) is 0 Å². The van der Waals surface area contributed by atoms with E-state index in [9.17, 15) is 13.2 Å². The molecule has 0 atom stereocenters. The normalized spacial score (nSPS) is 14.2. The molecule has 1 heterocycles. The highest BCUT2D eigenvalue weighted by atomic mass is 19.2. The Morgan fingerprint density at radius 2 is 1.83 bits per heavy atom. The Morgan fingerprint density at radius 1 is 1.09 bits per heavy atom. The minimum absolute atomic E-state index is 0.136. The van der Waals surface area contributed by atoms with Crippen molar-refractivity contribution in [2.75, 3.05) is 10.6 Å². The molecule has 1 fully saturated rings. The fraction of sp³-hybridized carbons (Fsp3) is 0.375. The summed E-state index contributed by atoms with van der Waals surface area (Å²) in [6.45, 7) is 3.91. The molecule has 1 aromatic carbocycles. The number of benzene rings is 1. The second-order valence-electron chi connectivity index (χ2n) is 5.92. The first-order valence-electron chi connectivity index (χ1n) is 7.50. The first-order chi connectivity index (χ1) is 10.9. The molecular weight excluding hydrogens is 305 g/mol. The second-order valence-corrected chi connectivity index (χ2v) is 5.92. The van der Waals surface area contributed by atoms with Crippen molar-refractivity contribution in [2.45, 2.75) is 38.6 Å². The van der Waals surface area contributed by atoms with Gasteiger partial charge in [-0.1, -0.05) is 0 Å². The molecule has 3 rings (SSSR count). The Bertz CT molecular complexity index is 730. The lowest BCUT2D eigenvalue weighted by atomic mass is 10.2. The van der Waals surface area contributed by atoms with Crippen molar-refractivity contribution in [1.29, 1.82) is 0 Å². The molecule has 4 nitrogen and oxygen atoms in total. The summed E-state index contributed by atoms with van der Waals surface area (Å²) in [7, 11) is 0. The van der Waals surface area contributed by atoms with Crippen LogP contribution in [-0.4, -0.2) is 16.0 Å². The molecule has 1 aliphatic carbocycles. The van der Waals surface area contributed by atoms with Crippen molar-refractivity contribution in [3.63, 3.8) is 0 Å². The minimum Gasteiger partial charge on any atom is -0.352 e. The van der Waals surface area contributed by atoms with Gasteiger partial charge in [0.1, 0.15) is 5.82 Å². The van der Waals surface area contributed by atoms with Crippen LogP contribution in [0.15, 0.2) is 18.2 Å². The predicted molar refractivity (Wildman–Crippen MR) is 82.4 cm³/mol. The third-order valence-electron chi connectivity index (χ3n) is 3.46. The lowest BCUT2D eigenvalue weighted by Crippen LogP contribution is -2.14. The van der Waals surface area contributed by atoms with Gasteiger partial charge in [0.25, 0.3) is 0 Å². The van der Waals surface area contributed by atoms with E-state index in [0.717, 1.165) is 30.7 Å². The van der Waals surface area contributed by atoms with E-state index in [1.165, 1.54) is 0 Å². The van der Waals surface area contributed by atoms with Gasteiger partial charge in [0.05, 0.1) is 11.4 Å². The Kier molecular flexibility index (Phi) is 4.11. The van der Waals surface area contributed by atoms with Crippen LogP contribution in [0.4, 0.5) is 30.6 Å². The summed E-state index contributed by atoms with van der Waals surface area (Å²) in [5.74, 6) is -2.86. The van der Waals surface area contributed by atoms with E-state index in [2.05, 4.69) is 20.6 Å². The summed E-state index contributed by atoms with van der Waals surface area (Å²) in [5, 5.41) is 5.80. The first kappa shape index (κ1) is 15.6. The molecule has 1 aromatic heterocycles. The van der Waals surface area contributed by atoms with Crippen molar-refractivity contribution in [3.8, 4) is 0 Å². The van der Waals surface area contributed by atoms with Crippen molar-refractivity contribution < 1.29 is 13.2 Å². The van der Waals surface area contributed by atoms with Gasteiger partial charge < -0.3 is 10.6 Å². The maximum Gasteiger partial charge on any atom is 0.225 e. The molecule has 0 aliphatic heterocycles. The second kappa shape index (κ2) is 6.06. The standard InChI is InChI=1S/C16H17F3N4/c1-8(2)20-16-22-12(9-3-4-9)7-13(23-16)21-11-6-5-10(17)14(18)15(11)19/h5-9H,3-4H2,1-2H3,(H2,20,21,22,23). The van der Waals surface area contributed by atoms with Crippen LogP contribution >= 0.6 is 0 Å². The summed E-state index contributed by atoms with van der Waals surface area (Å²) in [4.78, 5) is 8.70. The third kappa shape index (κ3) is 3.55. The number of hydrogen-bond acceptors (Lipinski definition) is 4. The van der Waals surface area contributed by atoms with Gasteiger partial charge in [0.15, 0.2) is 17.5 Å². The molecule has 0 saturated heterocycles. The highest BCUT2D eigenvalue weighted by molar-refractivity contribution is 5.59. The molecule has 2 aromatic rings. The predicted octanol–water partition coefficient (Wildman–Crippen LogP) is 4.34. The highest BCUT2D eigenvalue weighted by Crippen LogP contribution is 2.40. The fourth-order valence-corrected chi connectivity index (χ4v) is 2.20. The van der Waals surface area contributed by atoms with Crippen molar-refractivity contribution in [3.05, 3.63) is 41.3 Å². The number of halogens is 3. The molecule has 0 spiro atoms. The summed E-state index contributed by atoms with van der Waals surface area (Å²) < 4.78 is 40.1. The van der Waals surface area contributed by atoms with E-state index in [-0.39, 0.29) is 11.7 Å². The Hall–Kier alpha value is -2.31. The largest absolute Gasteiger partial charge is 0.352 e. The average Bonchev–Trinajstić information content (AvgIpc) is 3.32. The van der Waals surface area contributed by atoms with Gasteiger partial charge in [-0.2, -0.15) is 4.98 Å². The fourth-order valence-electron chi connectivity index (χ4n) is 2.20. The molecule has 1 saturated carbocycles. The quantitative estimate of drug-likeness (QED) is 0.804. The third-order valence-corrected chi connectivity index (χ3v) is 3.46. The summed E-state index contributed by atoms with van der Waals surface area (Å²) in [6, 6.07) is 3.86. The van der Waals surface area contributed by atoms with E-state index >= 15 is 0 Å². The zero-order valence-corrected chi connectivity index (χ0v) is 12.8. The van der Waals surface area contributed by atoms with E-state index in [0.29, 0.717) is 17.7 Å². The van der Waals surface area contributed by atoms with Crippen LogP contribution in [0.5, 0.6) is 0 Å². The summed E-state index contributed by atoms with van der Waals surface area (Å²) in [5.41, 5.74) is 0.688. The smallest absolute Gasteiger partial charge is 0.225 e. The Labute approximate surface area is 132 Å². The zero-order valence-electron chi connectivity index (χ0n) is 12.8. The molecule has 122 valence electrons. The van der Waals surface area contributed by atoms with Crippen LogP contribution in [0, 0.1) is 17.5 Å². The first-order valence-corrected chi connectivity index (χ1v) is 7.50. The van der Waals surface area contributed by atoms with Gasteiger partial charge in [-0.3, -0.25) is 0 Å². The maximum absolute atomic E-state index is 13.8. The minimum atomic E-state index is -1.51. The summed E-state index contributed by atoms with van der Waals surface area (Å²) >= 11 is 0. The van der Waals surface area contributed by atoms with Crippen LogP contribution < -0.4 is 10.6 Å². The molecule has 7 heteroatoms. The topological polar surface area (TPSA) is 49.8 Å². The van der Waals surface area contributed by atoms with Gasteiger partial charge in [-0.25, -0.2) is 18.2 Å². The number of rotatable bonds is 5. The molecule has 0 amide bonds. The number of nitrogens with zero attached hydrogens (tertiary/aromatic N) is 2. The molecule has 1 aliphatic rings. The van der Waals surface area contributed by atoms with Gasteiger partial charge in [0.2, 0.25) is 5.95 Å². The number of hydrogen-bond donors (Lipinski definition) is 2.